The molecule has 0 fully saturated rings. The lowest BCUT2D eigenvalue weighted by Gasteiger charge is -2.16. The van der Waals surface area contributed by atoms with Crippen molar-refractivity contribution < 1.29 is 19.4 Å². The number of carboxylic acid groups (broad SMARTS) is 1. The fourth-order valence-corrected chi connectivity index (χ4v) is 1.55. The number of unbranched alkanes of at least 4 members (excludes halogenated alkanes) is 2. The number of carbonyl (C=O) groups excluding carboxylic acids is 1. The van der Waals surface area contributed by atoms with Gasteiger partial charge in [0.15, 0.2) is 0 Å². The van der Waals surface area contributed by atoms with Gasteiger partial charge in [-0.05, 0) is 18.8 Å². The summed E-state index contributed by atoms with van der Waals surface area (Å²) in [5.74, 6) is -1.14. The highest BCUT2D eigenvalue weighted by molar-refractivity contribution is 5.84. The van der Waals surface area contributed by atoms with E-state index in [1.54, 1.807) is 0 Å². The molecule has 0 aliphatic carbocycles. The van der Waals surface area contributed by atoms with Crippen LogP contribution in [0, 0.1) is 5.92 Å². The summed E-state index contributed by atoms with van der Waals surface area (Å²) in [5, 5.41) is 11.4. The maximum Gasteiger partial charge on any atom is 0.326 e. The summed E-state index contributed by atoms with van der Waals surface area (Å²) in [6.07, 6.45) is 3.53. The lowest BCUT2D eigenvalue weighted by Crippen LogP contribution is -2.43. The summed E-state index contributed by atoms with van der Waals surface area (Å²) in [6.45, 7) is 6.41. The Hall–Kier alpha value is -1.10. The summed E-state index contributed by atoms with van der Waals surface area (Å²) in [7, 11) is 0. The number of rotatable bonds is 10. The number of carbonyl (C=O) groups is 2. The topological polar surface area (TPSA) is 75.6 Å². The number of hydrogen-bond donors (Lipinski definition) is 2. The van der Waals surface area contributed by atoms with Gasteiger partial charge < -0.3 is 15.2 Å². The fourth-order valence-electron chi connectivity index (χ4n) is 1.55. The van der Waals surface area contributed by atoms with Crippen LogP contribution in [-0.4, -0.2) is 36.2 Å². The molecular formula is C13H25NO4. The smallest absolute Gasteiger partial charge is 0.326 e. The molecule has 5 nitrogen and oxygen atoms in total. The average Bonchev–Trinajstić information content (AvgIpc) is 2.27. The molecule has 0 bridgehead atoms. The zero-order valence-corrected chi connectivity index (χ0v) is 11.6. The first kappa shape index (κ1) is 16.9. The molecule has 0 saturated heterocycles. The Morgan fingerprint density at radius 1 is 1.28 bits per heavy atom. The molecule has 1 atom stereocenters. The number of amides is 1. The third-order valence-corrected chi connectivity index (χ3v) is 2.47. The van der Waals surface area contributed by atoms with Crippen molar-refractivity contribution in [3.8, 4) is 0 Å². The molecule has 1 amide bonds. The minimum atomic E-state index is -0.997. The number of ether oxygens (including phenoxy) is 1. The van der Waals surface area contributed by atoms with Crippen molar-refractivity contribution in [1.29, 1.82) is 0 Å². The molecule has 0 spiro atoms. The molecule has 2 N–H and O–H groups in total. The summed E-state index contributed by atoms with van der Waals surface area (Å²) in [5.41, 5.74) is 0. The van der Waals surface area contributed by atoms with Crippen molar-refractivity contribution in [3.05, 3.63) is 0 Å². The highest BCUT2D eigenvalue weighted by Crippen LogP contribution is 2.04. The number of hydrogen-bond acceptors (Lipinski definition) is 3. The molecule has 0 rings (SSSR count). The van der Waals surface area contributed by atoms with E-state index in [1.165, 1.54) is 0 Å². The standard InChI is InChI=1S/C13H25NO4/c1-4-5-6-7-18-9-12(15)14-11(13(16)17)8-10(2)3/h10-11H,4-9H2,1-3H3,(H,14,15)(H,16,17)/t11-/m0/s1. The third-order valence-electron chi connectivity index (χ3n) is 2.47. The number of nitrogens with one attached hydrogen (secondary N) is 1. The van der Waals surface area contributed by atoms with Gasteiger partial charge in [-0.2, -0.15) is 0 Å². The molecule has 0 aromatic carbocycles. The first-order valence-corrected chi connectivity index (χ1v) is 6.57. The SMILES string of the molecule is CCCCCOCC(=O)N[C@@H](CC(C)C)C(=O)O. The Morgan fingerprint density at radius 3 is 2.44 bits per heavy atom. The van der Waals surface area contributed by atoms with E-state index in [2.05, 4.69) is 12.2 Å². The maximum absolute atomic E-state index is 11.5. The van der Waals surface area contributed by atoms with Crippen molar-refractivity contribution in [1.82, 2.24) is 5.32 Å². The summed E-state index contributed by atoms with van der Waals surface area (Å²) >= 11 is 0. The molecule has 18 heavy (non-hydrogen) atoms. The molecule has 5 heteroatoms. The van der Waals surface area contributed by atoms with E-state index in [1.807, 2.05) is 13.8 Å². The first-order chi connectivity index (χ1) is 8.47. The molecule has 0 unspecified atom stereocenters. The third kappa shape index (κ3) is 8.98. The Balaban J connectivity index is 3.85. The molecule has 106 valence electrons. The van der Waals surface area contributed by atoms with Gasteiger partial charge in [0.05, 0.1) is 0 Å². The minimum absolute atomic E-state index is 0.0639. The normalized spacial score (nSPS) is 12.4. The van der Waals surface area contributed by atoms with Crippen molar-refractivity contribution in [2.45, 2.75) is 52.5 Å². The van der Waals surface area contributed by atoms with Crippen LogP contribution < -0.4 is 5.32 Å². The van der Waals surface area contributed by atoms with Crippen LogP contribution in [0.2, 0.25) is 0 Å². The summed E-state index contributed by atoms with van der Waals surface area (Å²) in [4.78, 5) is 22.4. The largest absolute Gasteiger partial charge is 0.480 e. The van der Waals surface area contributed by atoms with Gasteiger partial charge in [0, 0.05) is 6.61 Å². The second-order valence-electron chi connectivity index (χ2n) is 4.85. The lowest BCUT2D eigenvalue weighted by atomic mass is 10.0. The van der Waals surface area contributed by atoms with Gasteiger partial charge >= 0.3 is 5.97 Å². The van der Waals surface area contributed by atoms with Gasteiger partial charge in [-0.15, -0.1) is 0 Å². The lowest BCUT2D eigenvalue weighted by molar-refractivity contribution is -0.143. The Kier molecular flexibility index (Phi) is 9.28. The Bertz CT molecular complexity index is 253. The van der Waals surface area contributed by atoms with Crippen LogP contribution in [0.15, 0.2) is 0 Å². The molecule has 0 aliphatic rings. The molecule has 0 heterocycles. The van der Waals surface area contributed by atoms with Crippen molar-refractivity contribution in [2.75, 3.05) is 13.2 Å². The highest BCUT2D eigenvalue weighted by atomic mass is 16.5. The monoisotopic (exact) mass is 259 g/mol. The Labute approximate surface area is 109 Å². The van der Waals surface area contributed by atoms with Gasteiger partial charge in [0.1, 0.15) is 12.6 Å². The molecule has 0 aromatic heterocycles. The first-order valence-electron chi connectivity index (χ1n) is 6.57. The maximum atomic E-state index is 11.5. The van der Waals surface area contributed by atoms with Crippen LogP contribution in [-0.2, 0) is 14.3 Å². The van der Waals surface area contributed by atoms with Crippen LogP contribution in [0.1, 0.15) is 46.5 Å². The van der Waals surface area contributed by atoms with E-state index < -0.39 is 12.0 Å². The summed E-state index contributed by atoms with van der Waals surface area (Å²) < 4.78 is 5.18. The molecular weight excluding hydrogens is 234 g/mol. The average molecular weight is 259 g/mol. The predicted octanol–water partition coefficient (Wildman–Crippen LogP) is 1.81. The van der Waals surface area contributed by atoms with Crippen LogP contribution in [0.4, 0.5) is 0 Å². The van der Waals surface area contributed by atoms with Gasteiger partial charge in [0.25, 0.3) is 0 Å². The van der Waals surface area contributed by atoms with E-state index >= 15 is 0 Å². The molecule has 0 aromatic rings. The number of carboxylic acids is 1. The highest BCUT2D eigenvalue weighted by Gasteiger charge is 2.20. The van der Waals surface area contributed by atoms with Gasteiger partial charge in [-0.25, -0.2) is 4.79 Å². The van der Waals surface area contributed by atoms with Crippen molar-refractivity contribution in [2.24, 2.45) is 5.92 Å². The van der Waals surface area contributed by atoms with Gasteiger partial charge in [-0.1, -0.05) is 33.6 Å². The fraction of sp³-hybridized carbons (Fsp3) is 0.846. The minimum Gasteiger partial charge on any atom is -0.480 e. The predicted molar refractivity (Wildman–Crippen MR) is 69.4 cm³/mol. The summed E-state index contributed by atoms with van der Waals surface area (Å²) in [6, 6.07) is -0.822. The van der Waals surface area contributed by atoms with Crippen LogP contribution in [0.25, 0.3) is 0 Å². The second kappa shape index (κ2) is 9.88. The van der Waals surface area contributed by atoms with E-state index in [9.17, 15) is 9.59 Å². The van der Waals surface area contributed by atoms with Gasteiger partial charge in [-0.3, -0.25) is 4.79 Å². The van der Waals surface area contributed by atoms with E-state index in [0.717, 1.165) is 19.3 Å². The number of aliphatic carboxylic acids is 1. The van der Waals surface area contributed by atoms with Crippen molar-refractivity contribution in [3.63, 3.8) is 0 Å². The van der Waals surface area contributed by atoms with Crippen LogP contribution >= 0.6 is 0 Å². The zero-order valence-electron chi connectivity index (χ0n) is 11.6. The van der Waals surface area contributed by atoms with Crippen LogP contribution in [0.5, 0.6) is 0 Å². The zero-order chi connectivity index (χ0) is 14.0. The van der Waals surface area contributed by atoms with E-state index in [4.69, 9.17) is 9.84 Å². The molecule has 0 saturated carbocycles. The van der Waals surface area contributed by atoms with Gasteiger partial charge in [0.2, 0.25) is 5.91 Å². The van der Waals surface area contributed by atoms with E-state index in [0.29, 0.717) is 13.0 Å². The van der Waals surface area contributed by atoms with Crippen molar-refractivity contribution >= 4 is 11.9 Å². The molecule has 0 aliphatic heterocycles. The quantitative estimate of drug-likeness (QED) is 0.587. The molecule has 0 radical (unpaired) electrons. The Morgan fingerprint density at radius 2 is 1.94 bits per heavy atom. The second-order valence-corrected chi connectivity index (χ2v) is 4.85. The van der Waals surface area contributed by atoms with Crippen LogP contribution in [0.3, 0.4) is 0 Å². The van der Waals surface area contributed by atoms with E-state index in [-0.39, 0.29) is 18.4 Å².